The first-order valence-electron chi connectivity index (χ1n) is 8.65. The van der Waals surface area contributed by atoms with Crippen LogP contribution >= 0.6 is 0 Å². The molecule has 0 spiro atoms. The smallest absolute Gasteiger partial charge is 0.233 e. The van der Waals surface area contributed by atoms with Gasteiger partial charge >= 0.3 is 0 Å². The van der Waals surface area contributed by atoms with Crippen LogP contribution in [0.5, 0.6) is 0 Å². The van der Waals surface area contributed by atoms with E-state index in [1.165, 1.54) is 12.1 Å². The molecule has 1 aliphatic rings. The average molecular weight is 340 g/mol. The van der Waals surface area contributed by atoms with Crippen molar-refractivity contribution in [3.05, 3.63) is 66.0 Å². The van der Waals surface area contributed by atoms with Crippen molar-refractivity contribution >= 4 is 5.78 Å². The Morgan fingerprint density at radius 2 is 2.08 bits per heavy atom. The molecule has 25 heavy (non-hydrogen) atoms. The largest absolute Gasteiger partial charge is 0.388 e. The van der Waals surface area contributed by atoms with Crippen LogP contribution in [0.3, 0.4) is 0 Å². The zero-order valence-electron chi connectivity index (χ0n) is 13.9. The molecule has 0 saturated carbocycles. The van der Waals surface area contributed by atoms with Gasteiger partial charge in [0.15, 0.2) is 0 Å². The molecule has 2 aromatic heterocycles. The van der Waals surface area contributed by atoms with E-state index in [0.29, 0.717) is 18.2 Å². The summed E-state index contributed by atoms with van der Waals surface area (Å²) in [7, 11) is 0. The van der Waals surface area contributed by atoms with Crippen molar-refractivity contribution in [2.24, 2.45) is 0 Å². The lowest BCUT2D eigenvalue weighted by molar-refractivity contribution is 0.117. The summed E-state index contributed by atoms with van der Waals surface area (Å²) in [6, 6.07) is 8.33. The Balaban J connectivity index is 1.46. The van der Waals surface area contributed by atoms with E-state index in [2.05, 4.69) is 14.9 Å². The van der Waals surface area contributed by atoms with Gasteiger partial charge in [0.25, 0.3) is 0 Å². The number of halogens is 1. The highest BCUT2D eigenvalue weighted by Crippen LogP contribution is 2.28. The summed E-state index contributed by atoms with van der Waals surface area (Å²) in [6.45, 7) is 1.79. The Morgan fingerprint density at radius 3 is 2.92 bits per heavy atom. The Morgan fingerprint density at radius 1 is 1.24 bits per heavy atom. The average Bonchev–Trinajstić information content (AvgIpc) is 3.23. The zero-order chi connectivity index (χ0) is 17.2. The number of aliphatic hydroxyl groups excluding tert-OH is 1. The maximum Gasteiger partial charge on any atom is 0.233 e. The van der Waals surface area contributed by atoms with E-state index in [4.69, 9.17) is 0 Å². The number of aliphatic hydroxyl groups is 1. The first kappa shape index (κ1) is 16.2. The van der Waals surface area contributed by atoms with Crippen LogP contribution < -0.4 is 0 Å². The SMILES string of the molecule is OC(CC1CCCN1Cc1cnc2ncccn12)c1ccc(F)cc1. The number of hydrogen-bond donors (Lipinski definition) is 1. The van der Waals surface area contributed by atoms with Crippen molar-refractivity contribution in [2.75, 3.05) is 6.54 Å². The molecule has 4 rings (SSSR count). The molecule has 1 aliphatic heterocycles. The van der Waals surface area contributed by atoms with Crippen molar-refractivity contribution < 1.29 is 9.50 Å². The maximum atomic E-state index is 13.1. The molecule has 0 aliphatic carbocycles. The van der Waals surface area contributed by atoms with Crippen LogP contribution in [0.2, 0.25) is 0 Å². The first-order valence-corrected chi connectivity index (χ1v) is 8.65. The summed E-state index contributed by atoms with van der Waals surface area (Å²) in [5.74, 6) is 0.430. The molecule has 3 heterocycles. The molecule has 1 aromatic carbocycles. The molecule has 0 radical (unpaired) electrons. The second-order valence-electron chi connectivity index (χ2n) is 6.61. The van der Waals surface area contributed by atoms with Gasteiger partial charge in [-0.2, -0.15) is 0 Å². The minimum absolute atomic E-state index is 0.278. The second kappa shape index (κ2) is 6.90. The molecule has 5 nitrogen and oxygen atoms in total. The minimum atomic E-state index is -0.574. The maximum absolute atomic E-state index is 13.1. The standard InChI is InChI=1S/C19H21FN4O/c20-15-6-4-14(5-7-15)18(25)11-16-3-1-9-23(16)13-17-12-22-19-21-8-2-10-24(17)19/h2,4-8,10,12,16,18,25H,1,3,9,11,13H2. The zero-order valence-corrected chi connectivity index (χ0v) is 13.9. The number of aromatic nitrogens is 3. The van der Waals surface area contributed by atoms with Gasteiger partial charge in [0.2, 0.25) is 5.78 Å². The van der Waals surface area contributed by atoms with E-state index in [9.17, 15) is 9.50 Å². The summed E-state index contributed by atoms with van der Waals surface area (Å²) >= 11 is 0. The third kappa shape index (κ3) is 3.41. The molecule has 6 heteroatoms. The number of nitrogens with zero attached hydrogens (tertiary/aromatic N) is 4. The number of imidazole rings is 1. The van der Waals surface area contributed by atoms with Crippen LogP contribution in [0.4, 0.5) is 4.39 Å². The monoisotopic (exact) mass is 340 g/mol. The Kier molecular flexibility index (Phi) is 4.46. The number of fused-ring (bicyclic) bond motifs is 1. The predicted octanol–water partition coefficient (Wildman–Crippen LogP) is 2.96. The van der Waals surface area contributed by atoms with Gasteiger partial charge in [-0.3, -0.25) is 9.30 Å². The number of likely N-dealkylation sites (tertiary alicyclic amines) is 1. The summed E-state index contributed by atoms with van der Waals surface area (Å²) in [4.78, 5) is 11.0. The van der Waals surface area contributed by atoms with E-state index >= 15 is 0 Å². The van der Waals surface area contributed by atoms with Crippen LogP contribution in [0.25, 0.3) is 5.78 Å². The van der Waals surface area contributed by atoms with E-state index in [0.717, 1.165) is 37.2 Å². The van der Waals surface area contributed by atoms with Crippen LogP contribution in [0.1, 0.15) is 36.6 Å². The highest BCUT2D eigenvalue weighted by atomic mass is 19.1. The molecule has 0 amide bonds. The predicted molar refractivity (Wildman–Crippen MR) is 92.4 cm³/mol. The number of rotatable bonds is 5. The van der Waals surface area contributed by atoms with Gasteiger partial charge in [0.1, 0.15) is 5.82 Å². The first-order chi connectivity index (χ1) is 12.2. The van der Waals surface area contributed by atoms with Gasteiger partial charge in [-0.1, -0.05) is 12.1 Å². The van der Waals surface area contributed by atoms with Gasteiger partial charge in [-0.25, -0.2) is 14.4 Å². The molecule has 0 bridgehead atoms. The fourth-order valence-electron chi connectivity index (χ4n) is 3.65. The minimum Gasteiger partial charge on any atom is -0.388 e. The van der Waals surface area contributed by atoms with E-state index < -0.39 is 6.10 Å². The van der Waals surface area contributed by atoms with Crippen molar-refractivity contribution in [2.45, 2.75) is 38.0 Å². The van der Waals surface area contributed by atoms with Crippen molar-refractivity contribution in [3.63, 3.8) is 0 Å². The Bertz CT molecular complexity index is 848. The molecule has 1 N–H and O–H groups in total. The van der Waals surface area contributed by atoms with Crippen molar-refractivity contribution in [1.82, 2.24) is 19.3 Å². The van der Waals surface area contributed by atoms with Gasteiger partial charge in [0.05, 0.1) is 18.0 Å². The molecule has 2 unspecified atom stereocenters. The highest BCUT2D eigenvalue weighted by molar-refractivity contribution is 5.30. The van der Waals surface area contributed by atoms with Gasteiger partial charge in [-0.05, 0) is 49.6 Å². The molecule has 2 atom stereocenters. The van der Waals surface area contributed by atoms with Gasteiger partial charge in [0, 0.05) is 25.0 Å². The van der Waals surface area contributed by atoms with Gasteiger partial charge < -0.3 is 5.11 Å². The lowest BCUT2D eigenvalue weighted by Gasteiger charge is -2.26. The van der Waals surface area contributed by atoms with E-state index in [1.54, 1.807) is 18.3 Å². The Labute approximate surface area is 145 Å². The molecular formula is C19H21FN4O. The summed E-state index contributed by atoms with van der Waals surface area (Å²) < 4.78 is 15.1. The van der Waals surface area contributed by atoms with Crippen molar-refractivity contribution in [3.8, 4) is 0 Å². The van der Waals surface area contributed by atoms with Gasteiger partial charge in [-0.15, -0.1) is 0 Å². The topological polar surface area (TPSA) is 53.7 Å². The molecule has 1 saturated heterocycles. The normalized spacial score (nSPS) is 19.5. The van der Waals surface area contributed by atoms with Crippen LogP contribution in [0.15, 0.2) is 48.9 Å². The molecule has 3 aromatic rings. The highest BCUT2D eigenvalue weighted by Gasteiger charge is 2.28. The molecular weight excluding hydrogens is 319 g/mol. The molecule has 1 fully saturated rings. The molecule has 130 valence electrons. The van der Waals surface area contributed by atoms with Crippen LogP contribution in [-0.2, 0) is 6.54 Å². The van der Waals surface area contributed by atoms with Crippen molar-refractivity contribution in [1.29, 1.82) is 0 Å². The third-order valence-electron chi connectivity index (χ3n) is 4.98. The van der Waals surface area contributed by atoms with Crippen LogP contribution in [0, 0.1) is 5.82 Å². The number of hydrogen-bond acceptors (Lipinski definition) is 4. The Hall–Kier alpha value is -2.31. The lowest BCUT2D eigenvalue weighted by Crippen LogP contribution is -2.30. The fourth-order valence-corrected chi connectivity index (χ4v) is 3.65. The summed E-state index contributed by atoms with van der Waals surface area (Å²) in [5, 5.41) is 10.5. The van der Waals surface area contributed by atoms with E-state index in [1.807, 2.05) is 22.9 Å². The quantitative estimate of drug-likeness (QED) is 0.776. The third-order valence-corrected chi connectivity index (χ3v) is 4.98. The van der Waals surface area contributed by atoms with E-state index in [-0.39, 0.29) is 5.82 Å². The van der Waals surface area contributed by atoms with Crippen LogP contribution in [-0.4, -0.2) is 37.0 Å². The second-order valence-corrected chi connectivity index (χ2v) is 6.61. The summed E-state index contributed by atoms with van der Waals surface area (Å²) in [6.07, 6.45) is 7.85. The number of benzene rings is 1. The summed E-state index contributed by atoms with van der Waals surface area (Å²) in [5.41, 5.74) is 1.87. The lowest BCUT2D eigenvalue weighted by atomic mass is 10.0. The fraction of sp³-hybridized carbons (Fsp3) is 0.368.